The lowest BCUT2D eigenvalue weighted by Crippen LogP contribution is -2.38. The Bertz CT molecular complexity index is 442. The van der Waals surface area contributed by atoms with Gasteiger partial charge in [0.2, 0.25) is 0 Å². The molecule has 92 valence electrons. The van der Waals surface area contributed by atoms with Crippen molar-refractivity contribution < 1.29 is 14.7 Å². The summed E-state index contributed by atoms with van der Waals surface area (Å²) in [6, 6.07) is -0.276. The van der Waals surface area contributed by atoms with Crippen LogP contribution in [0, 0.1) is 12.8 Å². The summed E-state index contributed by atoms with van der Waals surface area (Å²) in [6.07, 6.45) is 1.94. The van der Waals surface area contributed by atoms with Crippen molar-refractivity contribution in [3.8, 4) is 0 Å². The minimum atomic E-state index is -0.888. The summed E-state index contributed by atoms with van der Waals surface area (Å²) in [5, 5.41) is 15.3. The fourth-order valence-corrected chi connectivity index (χ4v) is 2.26. The first-order chi connectivity index (χ1) is 8.08. The van der Waals surface area contributed by atoms with Crippen LogP contribution in [-0.2, 0) is 4.79 Å². The number of nitrogens with zero attached hydrogens (tertiary/aromatic N) is 2. The SMILES string of the molecule is Cc1nnsc1C(=O)NC(CC(=O)O)C1CC1. The lowest BCUT2D eigenvalue weighted by Gasteiger charge is -2.15. The summed E-state index contributed by atoms with van der Waals surface area (Å²) < 4.78 is 3.69. The van der Waals surface area contributed by atoms with Crippen molar-refractivity contribution in [3.63, 3.8) is 0 Å². The second-order valence-corrected chi connectivity index (χ2v) is 4.96. The van der Waals surface area contributed by atoms with Crippen molar-refractivity contribution in [1.29, 1.82) is 0 Å². The van der Waals surface area contributed by atoms with Crippen molar-refractivity contribution in [3.05, 3.63) is 10.6 Å². The van der Waals surface area contributed by atoms with Crippen molar-refractivity contribution in [2.45, 2.75) is 32.2 Å². The van der Waals surface area contributed by atoms with E-state index in [1.807, 2.05) is 0 Å². The zero-order valence-electron chi connectivity index (χ0n) is 9.34. The number of nitrogens with one attached hydrogen (secondary N) is 1. The Morgan fingerprint density at radius 1 is 1.59 bits per heavy atom. The van der Waals surface area contributed by atoms with Crippen LogP contribution >= 0.6 is 11.5 Å². The molecule has 1 amide bonds. The number of aromatic nitrogens is 2. The van der Waals surface area contributed by atoms with Gasteiger partial charge in [-0.25, -0.2) is 0 Å². The molecule has 0 aromatic carbocycles. The Hall–Kier alpha value is -1.50. The molecule has 0 bridgehead atoms. The first kappa shape index (κ1) is 12.0. The molecule has 1 fully saturated rings. The molecule has 0 saturated heterocycles. The Balaban J connectivity index is 2.00. The van der Waals surface area contributed by atoms with Gasteiger partial charge in [-0.15, -0.1) is 5.10 Å². The largest absolute Gasteiger partial charge is 0.481 e. The van der Waals surface area contributed by atoms with Crippen LogP contribution in [0.5, 0.6) is 0 Å². The van der Waals surface area contributed by atoms with Crippen molar-refractivity contribution in [2.75, 3.05) is 0 Å². The molecule has 0 spiro atoms. The van der Waals surface area contributed by atoms with E-state index < -0.39 is 5.97 Å². The van der Waals surface area contributed by atoms with Crippen LogP contribution in [-0.4, -0.2) is 32.6 Å². The van der Waals surface area contributed by atoms with E-state index in [4.69, 9.17) is 5.11 Å². The maximum Gasteiger partial charge on any atom is 0.305 e. The van der Waals surface area contributed by atoms with Crippen molar-refractivity contribution >= 4 is 23.4 Å². The van der Waals surface area contributed by atoms with Crippen LogP contribution in [0.4, 0.5) is 0 Å². The van der Waals surface area contributed by atoms with Crippen LogP contribution in [0.15, 0.2) is 0 Å². The Labute approximate surface area is 102 Å². The minimum absolute atomic E-state index is 0.0261. The summed E-state index contributed by atoms with van der Waals surface area (Å²) in [5.41, 5.74) is 0.581. The molecule has 1 saturated carbocycles. The van der Waals surface area contributed by atoms with Crippen LogP contribution in [0.3, 0.4) is 0 Å². The molecular formula is C10H13N3O3S. The second-order valence-electron chi connectivity index (χ2n) is 4.20. The summed E-state index contributed by atoms with van der Waals surface area (Å²) in [7, 11) is 0. The summed E-state index contributed by atoms with van der Waals surface area (Å²) >= 11 is 1.03. The molecule has 1 aliphatic rings. The molecule has 1 aliphatic carbocycles. The quantitative estimate of drug-likeness (QED) is 0.813. The number of rotatable bonds is 5. The topological polar surface area (TPSA) is 92.2 Å². The highest BCUT2D eigenvalue weighted by Crippen LogP contribution is 2.34. The van der Waals surface area contributed by atoms with Gasteiger partial charge >= 0.3 is 5.97 Å². The zero-order chi connectivity index (χ0) is 12.4. The van der Waals surface area contributed by atoms with Crippen LogP contribution in [0.1, 0.15) is 34.6 Å². The number of amides is 1. The number of carboxylic acids is 1. The molecule has 17 heavy (non-hydrogen) atoms. The van der Waals surface area contributed by atoms with Crippen molar-refractivity contribution in [1.82, 2.24) is 14.9 Å². The average Bonchev–Trinajstić information content (AvgIpc) is 3.00. The highest BCUT2D eigenvalue weighted by molar-refractivity contribution is 7.08. The predicted octanol–water partition coefficient (Wildman–Crippen LogP) is 0.830. The lowest BCUT2D eigenvalue weighted by atomic mass is 10.1. The molecule has 1 aromatic heterocycles. The molecule has 2 rings (SSSR count). The van der Waals surface area contributed by atoms with Gasteiger partial charge in [0, 0.05) is 6.04 Å². The van der Waals surface area contributed by atoms with E-state index in [1.54, 1.807) is 6.92 Å². The number of carboxylic acid groups (broad SMARTS) is 1. The van der Waals surface area contributed by atoms with E-state index in [0.29, 0.717) is 16.5 Å². The number of carbonyl (C=O) groups excluding carboxylic acids is 1. The van der Waals surface area contributed by atoms with E-state index in [2.05, 4.69) is 14.9 Å². The smallest absolute Gasteiger partial charge is 0.305 e. The fraction of sp³-hybridized carbons (Fsp3) is 0.600. The number of hydrogen-bond donors (Lipinski definition) is 2. The molecule has 0 aliphatic heterocycles. The molecule has 1 aromatic rings. The molecule has 1 heterocycles. The monoisotopic (exact) mass is 255 g/mol. The van der Waals surface area contributed by atoms with E-state index in [-0.39, 0.29) is 18.4 Å². The first-order valence-corrected chi connectivity index (χ1v) is 6.17. The highest BCUT2D eigenvalue weighted by atomic mass is 32.1. The molecule has 6 nitrogen and oxygen atoms in total. The number of aryl methyl sites for hydroxylation is 1. The molecular weight excluding hydrogens is 242 g/mol. The standard InChI is InChI=1S/C10H13N3O3S/c1-5-9(17-13-12-5)10(16)11-7(4-8(14)15)6-2-3-6/h6-7H,2-4H2,1H3,(H,11,16)(H,14,15). The number of carbonyl (C=O) groups is 2. The average molecular weight is 255 g/mol. The summed E-state index contributed by atoms with van der Waals surface area (Å²) in [5.74, 6) is -0.853. The maximum atomic E-state index is 11.9. The third kappa shape index (κ3) is 3.00. The number of hydrogen-bond acceptors (Lipinski definition) is 5. The third-order valence-electron chi connectivity index (χ3n) is 2.76. The predicted molar refractivity (Wildman–Crippen MR) is 60.9 cm³/mol. The van der Waals surface area contributed by atoms with E-state index >= 15 is 0 Å². The number of aliphatic carboxylic acids is 1. The van der Waals surface area contributed by atoms with Crippen LogP contribution < -0.4 is 5.32 Å². The molecule has 1 unspecified atom stereocenters. The van der Waals surface area contributed by atoms with Gasteiger partial charge in [0.25, 0.3) is 5.91 Å². The van der Waals surface area contributed by atoms with Gasteiger partial charge in [0.1, 0.15) is 4.88 Å². The first-order valence-electron chi connectivity index (χ1n) is 5.39. The van der Waals surface area contributed by atoms with Gasteiger partial charge in [-0.2, -0.15) is 0 Å². The van der Waals surface area contributed by atoms with Gasteiger partial charge in [0.05, 0.1) is 12.1 Å². The van der Waals surface area contributed by atoms with Crippen LogP contribution in [0.2, 0.25) is 0 Å². The van der Waals surface area contributed by atoms with E-state index in [1.165, 1.54) is 0 Å². The van der Waals surface area contributed by atoms with E-state index in [9.17, 15) is 9.59 Å². The normalized spacial score (nSPS) is 16.5. The Morgan fingerprint density at radius 2 is 2.29 bits per heavy atom. The Morgan fingerprint density at radius 3 is 2.76 bits per heavy atom. The molecule has 7 heteroatoms. The Kier molecular flexibility index (Phi) is 3.37. The highest BCUT2D eigenvalue weighted by Gasteiger charge is 2.34. The molecule has 0 radical (unpaired) electrons. The molecule has 1 atom stereocenters. The van der Waals surface area contributed by atoms with Crippen LogP contribution in [0.25, 0.3) is 0 Å². The van der Waals surface area contributed by atoms with E-state index in [0.717, 1.165) is 24.4 Å². The van der Waals surface area contributed by atoms with Gasteiger partial charge < -0.3 is 10.4 Å². The lowest BCUT2D eigenvalue weighted by molar-refractivity contribution is -0.137. The van der Waals surface area contributed by atoms with Gasteiger partial charge in [-0.3, -0.25) is 9.59 Å². The third-order valence-corrected chi connectivity index (χ3v) is 3.59. The van der Waals surface area contributed by atoms with Gasteiger partial charge in [0.15, 0.2) is 0 Å². The minimum Gasteiger partial charge on any atom is -0.481 e. The fourth-order valence-electron chi connectivity index (χ4n) is 1.70. The second kappa shape index (κ2) is 4.79. The van der Waals surface area contributed by atoms with Crippen molar-refractivity contribution in [2.24, 2.45) is 5.92 Å². The van der Waals surface area contributed by atoms with Gasteiger partial charge in [-0.05, 0) is 37.2 Å². The maximum absolute atomic E-state index is 11.9. The summed E-state index contributed by atoms with van der Waals surface area (Å²) in [4.78, 5) is 23.0. The zero-order valence-corrected chi connectivity index (χ0v) is 10.2. The van der Waals surface area contributed by atoms with Gasteiger partial charge in [-0.1, -0.05) is 4.49 Å². The summed E-state index contributed by atoms with van der Waals surface area (Å²) in [6.45, 7) is 1.71. The molecule has 2 N–H and O–H groups in total.